The van der Waals surface area contributed by atoms with Gasteiger partial charge in [0.05, 0.1) is 22.6 Å². The minimum absolute atomic E-state index is 0.0447. The third-order valence-electron chi connectivity index (χ3n) is 5.36. The number of nitrogens with one attached hydrogen (secondary N) is 1. The van der Waals surface area contributed by atoms with Crippen LogP contribution in [0.4, 0.5) is 15.0 Å². The second kappa shape index (κ2) is 7.62. The molecule has 3 saturated heterocycles. The van der Waals surface area contributed by atoms with Crippen molar-refractivity contribution in [3.63, 3.8) is 0 Å². The van der Waals surface area contributed by atoms with Crippen molar-refractivity contribution in [3.8, 4) is 16.5 Å². The van der Waals surface area contributed by atoms with Crippen LogP contribution in [0.5, 0.6) is 0 Å². The molecule has 27 heavy (non-hydrogen) atoms. The van der Waals surface area contributed by atoms with Gasteiger partial charge >= 0.3 is 6.09 Å². The first kappa shape index (κ1) is 17.9. The van der Waals surface area contributed by atoms with Crippen LogP contribution >= 0.6 is 11.3 Å². The number of carbonyl (C=O) groups is 1. The number of aromatic nitrogens is 1. The molecule has 140 valence electrons. The average Bonchev–Trinajstić information content (AvgIpc) is 3.16. The summed E-state index contributed by atoms with van der Waals surface area (Å²) in [5, 5.41) is 11.7. The quantitative estimate of drug-likeness (QED) is 0.867. The van der Waals surface area contributed by atoms with E-state index in [2.05, 4.69) is 15.2 Å². The number of thiazole rings is 1. The maximum atomic E-state index is 13.5. The van der Waals surface area contributed by atoms with Gasteiger partial charge in [-0.2, -0.15) is 5.26 Å². The fraction of sp³-hybridized carbons (Fsp3) is 0.421. The van der Waals surface area contributed by atoms with Crippen LogP contribution < -0.4 is 5.32 Å². The normalized spacial score (nSPS) is 23.6. The van der Waals surface area contributed by atoms with E-state index in [4.69, 9.17) is 10.00 Å². The van der Waals surface area contributed by atoms with Crippen LogP contribution in [-0.2, 0) is 4.74 Å². The molecule has 4 heterocycles. The van der Waals surface area contributed by atoms with E-state index in [0.29, 0.717) is 34.7 Å². The zero-order valence-corrected chi connectivity index (χ0v) is 15.5. The molecule has 2 aromatic rings. The highest BCUT2D eigenvalue weighted by Crippen LogP contribution is 2.34. The summed E-state index contributed by atoms with van der Waals surface area (Å²) in [6, 6.07) is 6.07. The Labute approximate surface area is 160 Å². The number of nitrogens with zero attached hydrogens (tertiary/aromatic N) is 3. The van der Waals surface area contributed by atoms with Crippen molar-refractivity contribution in [3.05, 3.63) is 35.1 Å². The lowest BCUT2D eigenvalue weighted by molar-refractivity contribution is 0.0151. The van der Waals surface area contributed by atoms with Crippen LogP contribution in [-0.4, -0.2) is 42.2 Å². The van der Waals surface area contributed by atoms with Crippen molar-refractivity contribution < 1.29 is 13.9 Å². The molecule has 6 nitrogen and oxygen atoms in total. The van der Waals surface area contributed by atoms with Crippen LogP contribution in [0.3, 0.4) is 0 Å². The van der Waals surface area contributed by atoms with Crippen molar-refractivity contribution in [2.24, 2.45) is 11.8 Å². The fourth-order valence-electron chi connectivity index (χ4n) is 3.88. The van der Waals surface area contributed by atoms with E-state index in [0.717, 1.165) is 19.6 Å². The summed E-state index contributed by atoms with van der Waals surface area (Å²) in [5.74, 6) is 0.816. The Morgan fingerprint density at radius 3 is 2.96 bits per heavy atom. The summed E-state index contributed by atoms with van der Waals surface area (Å²) in [6.07, 6.45) is 1.82. The zero-order chi connectivity index (χ0) is 18.8. The van der Waals surface area contributed by atoms with Crippen LogP contribution in [0.15, 0.2) is 23.7 Å². The largest absolute Gasteiger partial charge is 0.449 e. The van der Waals surface area contributed by atoms with Gasteiger partial charge in [0, 0.05) is 12.5 Å². The molecule has 2 bridgehead atoms. The van der Waals surface area contributed by atoms with Gasteiger partial charge in [-0.25, -0.2) is 14.2 Å². The van der Waals surface area contributed by atoms with Gasteiger partial charge in [0.15, 0.2) is 5.82 Å². The third kappa shape index (κ3) is 3.80. The maximum absolute atomic E-state index is 13.5. The molecule has 8 heteroatoms. The van der Waals surface area contributed by atoms with E-state index in [1.165, 1.54) is 36.3 Å². The molecule has 0 spiro atoms. The second-order valence-electron chi connectivity index (χ2n) is 6.96. The molecule has 1 amide bonds. The summed E-state index contributed by atoms with van der Waals surface area (Å²) in [5.41, 5.74) is 2.17. The Morgan fingerprint density at radius 1 is 1.44 bits per heavy atom. The predicted molar refractivity (Wildman–Crippen MR) is 99.8 cm³/mol. The minimum atomic E-state index is -0.572. The molecule has 0 radical (unpaired) electrons. The van der Waals surface area contributed by atoms with Crippen LogP contribution in [0, 0.1) is 29.0 Å². The van der Waals surface area contributed by atoms with Gasteiger partial charge in [-0.1, -0.05) is 6.07 Å². The summed E-state index contributed by atoms with van der Waals surface area (Å²) in [6.45, 7) is 3.70. The fourth-order valence-corrected chi connectivity index (χ4v) is 4.63. The Balaban J connectivity index is 1.40. The lowest BCUT2D eigenvalue weighted by atomic mass is 9.79. The molecule has 5 rings (SSSR count). The molecular formula is C19H19FN4O2S. The van der Waals surface area contributed by atoms with E-state index < -0.39 is 11.9 Å². The number of carbonyl (C=O) groups excluding carboxylic acids is 1. The number of halogens is 1. The van der Waals surface area contributed by atoms with Crippen molar-refractivity contribution in [2.45, 2.75) is 12.8 Å². The number of rotatable bonds is 4. The number of hydrogen-bond donors (Lipinski definition) is 1. The van der Waals surface area contributed by atoms with Crippen molar-refractivity contribution in [1.29, 1.82) is 5.26 Å². The molecule has 1 atom stereocenters. The molecule has 1 N–H and O–H groups in total. The summed E-state index contributed by atoms with van der Waals surface area (Å²) in [7, 11) is 0. The number of anilines is 1. The molecule has 3 aliphatic heterocycles. The predicted octanol–water partition coefficient (Wildman–Crippen LogP) is 3.71. The van der Waals surface area contributed by atoms with Gasteiger partial charge in [-0.05, 0) is 49.5 Å². The van der Waals surface area contributed by atoms with E-state index in [9.17, 15) is 9.18 Å². The first-order valence-electron chi connectivity index (χ1n) is 8.93. The molecule has 0 aliphatic carbocycles. The third-order valence-corrected chi connectivity index (χ3v) is 6.23. The van der Waals surface area contributed by atoms with Crippen LogP contribution in [0.1, 0.15) is 18.4 Å². The molecule has 0 saturated carbocycles. The number of amides is 1. The molecule has 1 aromatic heterocycles. The van der Waals surface area contributed by atoms with Gasteiger partial charge in [0.1, 0.15) is 11.9 Å². The first-order valence-corrected chi connectivity index (χ1v) is 9.81. The number of nitriles is 1. The monoisotopic (exact) mass is 386 g/mol. The van der Waals surface area contributed by atoms with Gasteiger partial charge in [0.2, 0.25) is 0 Å². The van der Waals surface area contributed by atoms with Crippen LogP contribution in [0.2, 0.25) is 0 Å². The van der Waals surface area contributed by atoms with E-state index >= 15 is 0 Å². The van der Waals surface area contributed by atoms with Gasteiger partial charge < -0.3 is 9.64 Å². The van der Waals surface area contributed by atoms with Gasteiger partial charge in [0.25, 0.3) is 0 Å². The van der Waals surface area contributed by atoms with E-state index in [1.807, 2.05) is 6.07 Å². The van der Waals surface area contributed by atoms with Crippen molar-refractivity contribution >= 4 is 23.2 Å². The smallest absolute Gasteiger partial charge is 0.412 e. The Bertz CT molecular complexity index is 886. The highest BCUT2D eigenvalue weighted by Gasteiger charge is 2.34. The lowest BCUT2D eigenvalue weighted by Gasteiger charge is -2.44. The Morgan fingerprint density at radius 2 is 2.26 bits per heavy atom. The topological polar surface area (TPSA) is 78.2 Å². The number of ether oxygens (including phenoxy) is 1. The summed E-state index contributed by atoms with van der Waals surface area (Å²) < 4.78 is 19.0. The van der Waals surface area contributed by atoms with Crippen LogP contribution in [0.25, 0.3) is 10.4 Å². The first-order chi connectivity index (χ1) is 13.1. The maximum Gasteiger partial charge on any atom is 0.412 e. The molecule has 1 unspecified atom stereocenters. The minimum Gasteiger partial charge on any atom is -0.449 e. The van der Waals surface area contributed by atoms with Crippen molar-refractivity contribution in [2.75, 3.05) is 31.6 Å². The number of piperidine rings is 3. The lowest BCUT2D eigenvalue weighted by Crippen LogP contribution is -2.49. The molecule has 3 fully saturated rings. The summed E-state index contributed by atoms with van der Waals surface area (Å²) in [4.78, 5) is 19.5. The summed E-state index contributed by atoms with van der Waals surface area (Å²) >= 11 is 1.31. The standard InChI is InChI=1S/C19H19FN4O2S/c20-16-2-1-13(7-14(16)8-21)17-18(22-11-27-17)23-19(25)26-10-15-9-24-5-3-12(15)4-6-24/h1-2,7,11-12,15H,3-6,9-10H2,(H,23,25). The van der Waals surface area contributed by atoms with Crippen molar-refractivity contribution in [1.82, 2.24) is 9.88 Å². The van der Waals surface area contributed by atoms with Gasteiger partial charge in [-0.15, -0.1) is 11.3 Å². The number of fused-ring (bicyclic) bond motifs is 3. The SMILES string of the molecule is N#Cc1cc(-c2scnc2NC(=O)OCC2CN3CCC2CC3)ccc1F. The van der Waals surface area contributed by atoms with E-state index in [1.54, 1.807) is 11.6 Å². The highest BCUT2D eigenvalue weighted by atomic mass is 32.1. The zero-order valence-electron chi connectivity index (χ0n) is 14.7. The Kier molecular flexibility index (Phi) is 5.05. The molecule has 1 aromatic carbocycles. The van der Waals surface area contributed by atoms with Gasteiger partial charge in [-0.3, -0.25) is 5.32 Å². The van der Waals surface area contributed by atoms with E-state index in [-0.39, 0.29) is 5.56 Å². The number of benzene rings is 1. The second-order valence-corrected chi connectivity index (χ2v) is 7.81. The molecular weight excluding hydrogens is 367 g/mol. The molecule has 3 aliphatic rings. The highest BCUT2D eigenvalue weighted by molar-refractivity contribution is 7.13. The number of hydrogen-bond acceptors (Lipinski definition) is 6. The Hall–Kier alpha value is -2.50. The average molecular weight is 386 g/mol.